The van der Waals surface area contributed by atoms with Gasteiger partial charge in [0.15, 0.2) is 11.5 Å². The van der Waals surface area contributed by atoms with Crippen LogP contribution in [-0.4, -0.2) is 48.8 Å². The van der Waals surface area contributed by atoms with Crippen LogP contribution in [-0.2, 0) is 12.0 Å². The first-order chi connectivity index (χ1) is 15.1. The average molecular weight is 504 g/mol. The first-order valence-electron chi connectivity index (χ1n) is 11.4. The Balaban J connectivity index is 1.05. The summed E-state index contributed by atoms with van der Waals surface area (Å²) in [6.07, 6.45) is 5.29. The Hall–Kier alpha value is -1.27. The van der Waals surface area contributed by atoms with Crippen LogP contribution in [0.1, 0.15) is 36.8 Å². The minimum absolute atomic E-state index is 0.359. The van der Waals surface area contributed by atoms with E-state index in [0.29, 0.717) is 12.2 Å². The first-order valence-corrected chi connectivity index (χ1v) is 12.6. The summed E-state index contributed by atoms with van der Waals surface area (Å²) >= 11 is 9.87. The van der Waals surface area contributed by atoms with Crippen LogP contribution in [0.3, 0.4) is 0 Å². The molecule has 2 aliphatic carbocycles. The van der Waals surface area contributed by atoms with Crippen molar-refractivity contribution >= 4 is 27.5 Å². The molecule has 2 saturated carbocycles. The van der Waals surface area contributed by atoms with Gasteiger partial charge in [0.05, 0.1) is 0 Å². The van der Waals surface area contributed by atoms with Gasteiger partial charge in [0.1, 0.15) is 0 Å². The van der Waals surface area contributed by atoms with Gasteiger partial charge in [0.25, 0.3) is 0 Å². The van der Waals surface area contributed by atoms with Gasteiger partial charge in [0, 0.05) is 48.3 Å². The second-order valence-electron chi connectivity index (χ2n) is 9.60. The van der Waals surface area contributed by atoms with Gasteiger partial charge in [-0.2, -0.15) is 0 Å². The van der Waals surface area contributed by atoms with E-state index in [1.54, 1.807) is 0 Å². The Kier molecular flexibility index (Phi) is 5.21. The molecule has 4 aliphatic rings. The Morgan fingerprint density at radius 3 is 2.71 bits per heavy atom. The van der Waals surface area contributed by atoms with Crippen LogP contribution < -0.4 is 9.47 Å². The van der Waals surface area contributed by atoms with E-state index in [1.165, 1.54) is 49.9 Å². The van der Waals surface area contributed by atoms with Crippen LogP contribution in [0.2, 0.25) is 5.02 Å². The molecule has 2 heterocycles. The lowest BCUT2D eigenvalue weighted by atomic mass is 9.80. The summed E-state index contributed by atoms with van der Waals surface area (Å²) in [4.78, 5) is 5.31. The smallest absolute Gasteiger partial charge is 0.231 e. The Bertz CT molecular complexity index is 993. The number of halogens is 2. The number of fused-ring (bicyclic) bond motifs is 2. The largest absolute Gasteiger partial charge is 0.454 e. The Labute approximate surface area is 197 Å². The van der Waals surface area contributed by atoms with Crippen molar-refractivity contribution in [2.24, 2.45) is 5.92 Å². The van der Waals surface area contributed by atoms with Crippen LogP contribution in [0, 0.1) is 5.92 Å². The van der Waals surface area contributed by atoms with E-state index in [9.17, 15) is 0 Å². The van der Waals surface area contributed by atoms with Gasteiger partial charge in [-0.25, -0.2) is 0 Å². The fraction of sp³-hybridized carbons (Fsp3) is 0.520. The molecule has 0 spiro atoms. The maximum absolute atomic E-state index is 6.20. The molecule has 4 nitrogen and oxygen atoms in total. The van der Waals surface area contributed by atoms with Gasteiger partial charge < -0.3 is 9.47 Å². The third-order valence-electron chi connectivity index (χ3n) is 7.98. The zero-order valence-electron chi connectivity index (χ0n) is 17.7. The number of hydrogen-bond acceptors (Lipinski definition) is 4. The number of piperazine rings is 1. The van der Waals surface area contributed by atoms with Gasteiger partial charge in [-0.05, 0) is 78.5 Å². The molecule has 0 N–H and O–H groups in total. The van der Waals surface area contributed by atoms with Crippen LogP contribution in [0.5, 0.6) is 11.5 Å². The lowest BCUT2D eigenvalue weighted by molar-refractivity contribution is 0.0712. The van der Waals surface area contributed by atoms with E-state index in [-0.39, 0.29) is 0 Å². The zero-order valence-corrected chi connectivity index (χ0v) is 20.0. The minimum Gasteiger partial charge on any atom is -0.454 e. The van der Waals surface area contributed by atoms with Crippen molar-refractivity contribution in [3.63, 3.8) is 0 Å². The molecule has 3 fully saturated rings. The van der Waals surface area contributed by atoms with Gasteiger partial charge in [-0.1, -0.05) is 33.6 Å². The molecule has 164 valence electrons. The monoisotopic (exact) mass is 502 g/mol. The van der Waals surface area contributed by atoms with Crippen molar-refractivity contribution in [1.29, 1.82) is 0 Å². The van der Waals surface area contributed by atoms with E-state index in [1.807, 2.05) is 6.07 Å². The number of ether oxygens (including phenoxy) is 2. The Morgan fingerprint density at radius 2 is 1.87 bits per heavy atom. The van der Waals surface area contributed by atoms with Crippen LogP contribution in [0.15, 0.2) is 40.9 Å². The SMILES string of the molecule is Clc1ccc(Br)c(CN2CCN([C@@H]3CC[C@@]4(c5ccc6c(c5)OCO6)C[C@H]4C3)CC2)c1. The summed E-state index contributed by atoms with van der Waals surface area (Å²) in [5.74, 6) is 2.66. The molecule has 6 heteroatoms. The molecule has 2 aliphatic heterocycles. The zero-order chi connectivity index (χ0) is 21.0. The average Bonchev–Trinajstić information content (AvgIpc) is 3.34. The van der Waals surface area contributed by atoms with Crippen LogP contribution in [0.4, 0.5) is 0 Å². The van der Waals surface area contributed by atoms with Crippen molar-refractivity contribution in [2.45, 2.75) is 43.7 Å². The molecule has 0 unspecified atom stereocenters. The first kappa shape index (κ1) is 20.3. The highest BCUT2D eigenvalue weighted by molar-refractivity contribution is 9.10. The highest BCUT2D eigenvalue weighted by Gasteiger charge is 2.58. The van der Waals surface area contributed by atoms with Gasteiger partial charge in [-0.15, -0.1) is 0 Å². The van der Waals surface area contributed by atoms with Crippen molar-refractivity contribution in [3.05, 3.63) is 57.0 Å². The van der Waals surface area contributed by atoms with E-state index in [0.717, 1.165) is 52.6 Å². The Morgan fingerprint density at radius 1 is 1.03 bits per heavy atom. The molecule has 2 aromatic rings. The third-order valence-corrected chi connectivity index (χ3v) is 8.99. The van der Waals surface area contributed by atoms with Crippen molar-refractivity contribution < 1.29 is 9.47 Å². The van der Waals surface area contributed by atoms with Crippen molar-refractivity contribution in [3.8, 4) is 11.5 Å². The molecule has 0 radical (unpaired) electrons. The molecule has 1 saturated heterocycles. The standard InChI is InChI=1S/C25H28BrClN2O2/c26-22-3-2-20(27)11-17(22)15-28-7-9-29(10-8-28)21-5-6-25(14-19(25)12-21)18-1-4-23-24(13-18)31-16-30-23/h1-4,11,13,19,21H,5-10,12,14-16H2/t19-,21-,25+/m1/s1. The number of hydrogen-bond donors (Lipinski definition) is 0. The summed E-state index contributed by atoms with van der Waals surface area (Å²) < 4.78 is 12.3. The predicted molar refractivity (Wildman–Crippen MR) is 126 cm³/mol. The van der Waals surface area contributed by atoms with Crippen molar-refractivity contribution in [1.82, 2.24) is 9.80 Å². The fourth-order valence-corrected chi connectivity index (χ4v) is 6.66. The third kappa shape index (κ3) is 3.78. The summed E-state index contributed by atoms with van der Waals surface area (Å²) in [6, 6.07) is 13.5. The van der Waals surface area contributed by atoms with Crippen LogP contribution in [0.25, 0.3) is 0 Å². The summed E-state index contributed by atoms with van der Waals surface area (Å²) in [6.45, 7) is 5.94. The molecular formula is C25H28BrClN2O2. The molecule has 0 amide bonds. The van der Waals surface area contributed by atoms with Gasteiger partial charge >= 0.3 is 0 Å². The number of rotatable bonds is 4. The van der Waals surface area contributed by atoms with Crippen LogP contribution >= 0.6 is 27.5 Å². The molecule has 0 bridgehead atoms. The number of nitrogens with zero attached hydrogens (tertiary/aromatic N) is 2. The summed E-state index contributed by atoms with van der Waals surface area (Å²) in [5.41, 5.74) is 3.15. The second kappa shape index (κ2) is 7.95. The number of benzene rings is 2. The topological polar surface area (TPSA) is 24.9 Å². The lowest BCUT2D eigenvalue weighted by Crippen LogP contribution is -2.51. The maximum atomic E-state index is 6.20. The van der Waals surface area contributed by atoms with E-state index in [2.05, 4.69) is 56.1 Å². The van der Waals surface area contributed by atoms with E-state index < -0.39 is 0 Å². The van der Waals surface area contributed by atoms with Gasteiger partial charge in [0.2, 0.25) is 6.79 Å². The molecule has 6 rings (SSSR count). The molecule has 2 aromatic carbocycles. The highest BCUT2D eigenvalue weighted by Crippen LogP contribution is 2.63. The van der Waals surface area contributed by atoms with E-state index >= 15 is 0 Å². The minimum atomic E-state index is 0.359. The summed E-state index contributed by atoms with van der Waals surface area (Å²) in [5, 5.41) is 0.814. The molecule has 3 atom stereocenters. The highest BCUT2D eigenvalue weighted by atomic mass is 79.9. The second-order valence-corrected chi connectivity index (χ2v) is 10.9. The quantitative estimate of drug-likeness (QED) is 0.553. The normalized spacial score (nSPS) is 30.3. The lowest BCUT2D eigenvalue weighted by Gasteiger charge is -2.42. The molecule has 31 heavy (non-hydrogen) atoms. The fourth-order valence-electron chi connectivity index (χ4n) is 6.09. The summed E-state index contributed by atoms with van der Waals surface area (Å²) in [7, 11) is 0. The molecule has 0 aromatic heterocycles. The van der Waals surface area contributed by atoms with E-state index in [4.69, 9.17) is 21.1 Å². The van der Waals surface area contributed by atoms with Crippen molar-refractivity contribution in [2.75, 3.05) is 33.0 Å². The van der Waals surface area contributed by atoms with Gasteiger partial charge in [-0.3, -0.25) is 9.80 Å². The predicted octanol–water partition coefficient (Wildman–Crippen LogP) is 5.46. The maximum Gasteiger partial charge on any atom is 0.231 e. The molecular weight excluding hydrogens is 476 g/mol.